The van der Waals surface area contributed by atoms with E-state index in [0.29, 0.717) is 19.7 Å². The van der Waals surface area contributed by atoms with Crippen LogP contribution in [0.25, 0.3) is 5.69 Å². The molecule has 1 unspecified atom stereocenters. The molecule has 0 spiro atoms. The number of fused-ring (bicyclic) bond motifs is 1. The van der Waals surface area contributed by atoms with Gasteiger partial charge in [-0.25, -0.2) is 4.98 Å². The first-order valence-electron chi connectivity index (χ1n) is 10.6. The smallest absolute Gasteiger partial charge is 0.191 e. The van der Waals surface area contributed by atoms with Gasteiger partial charge in [0, 0.05) is 50.1 Å². The highest BCUT2D eigenvalue weighted by molar-refractivity contribution is 5.79. The molecule has 0 saturated carbocycles. The maximum Gasteiger partial charge on any atom is 0.191 e. The number of aromatic nitrogens is 2. The lowest BCUT2D eigenvalue weighted by Crippen LogP contribution is -2.36. The summed E-state index contributed by atoms with van der Waals surface area (Å²) in [5.41, 5.74) is 4.50. The van der Waals surface area contributed by atoms with Gasteiger partial charge < -0.3 is 24.7 Å². The lowest BCUT2D eigenvalue weighted by atomic mass is 10.1. The summed E-state index contributed by atoms with van der Waals surface area (Å²) in [6.07, 6.45) is 6.65. The van der Waals surface area contributed by atoms with E-state index in [9.17, 15) is 0 Å². The van der Waals surface area contributed by atoms with Gasteiger partial charge in [0.05, 0.1) is 18.6 Å². The Balaban J connectivity index is 1.43. The molecule has 3 aromatic rings. The molecule has 1 atom stereocenters. The summed E-state index contributed by atoms with van der Waals surface area (Å²) >= 11 is 0. The monoisotopic (exact) mass is 419 g/mol. The van der Waals surface area contributed by atoms with E-state index >= 15 is 0 Å². The van der Waals surface area contributed by atoms with Gasteiger partial charge in [-0.05, 0) is 37.6 Å². The molecule has 0 radical (unpaired) electrons. The number of guanidine groups is 1. The van der Waals surface area contributed by atoms with Crippen molar-refractivity contribution in [3.05, 3.63) is 71.8 Å². The summed E-state index contributed by atoms with van der Waals surface area (Å²) in [5.74, 6) is 2.56. The van der Waals surface area contributed by atoms with Gasteiger partial charge in [0.15, 0.2) is 5.96 Å². The van der Waals surface area contributed by atoms with Crippen LogP contribution < -0.4 is 20.1 Å². The van der Waals surface area contributed by atoms with Crippen LogP contribution in [0.4, 0.5) is 0 Å². The number of nitrogens with one attached hydrogen (secondary N) is 2. The third-order valence-corrected chi connectivity index (χ3v) is 5.27. The number of rotatable bonds is 7. The lowest BCUT2D eigenvalue weighted by Gasteiger charge is -2.17. The molecule has 2 heterocycles. The quantitative estimate of drug-likeness (QED) is 0.453. The zero-order chi connectivity index (χ0) is 21.6. The van der Waals surface area contributed by atoms with Gasteiger partial charge in [0.1, 0.15) is 17.6 Å². The fraction of sp³-hybridized carbons (Fsp3) is 0.333. The van der Waals surface area contributed by atoms with Crippen LogP contribution in [0.2, 0.25) is 0 Å². The summed E-state index contributed by atoms with van der Waals surface area (Å²) in [6, 6.07) is 12.4. The van der Waals surface area contributed by atoms with Crippen LogP contribution in [0.3, 0.4) is 0 Å². The molecule has 162 valence electrons. The number of ether oxygens (including phenoxy) is 2. The molecule has 0 amide bonds. The van der Waals surface area contributed by atoms with Gasteiger partial charge in [-0.2, -0.15) is 0 Å². The molecule has 0 fully saturated rings. The van der Waals surface area contributed by atoms with Crippen LogP contribution in [-0.2, 0) is 19.5 Å². The van der Waals surface area contributed by atoms with Crippen LogP contribution in [0.1, 0.15) is 30.5 Å². The first kappa shape index (κ1) is 20.8. The number of hydrogen-bond acceptors (Lipinski definition) is 4. The average molecular weight is 420 g/mol. The second-order valence-corrected chi connectivity index (χ2v) is 7.51. The number of benzene rings is 2. The fourth-order valence-corrected chi connectivity index (χ4v) is 3.80. The zero-order valence-electron chi connectivity index (χ0n) is 18.3. The van der Waals surface area contributed by atoms with Gasteiger partial charge >= 0.3 is 0 Å². The predicted molar refractivity (Wildman–Crippen MR) is 122 cm³/mol. The Morgan fingerprint density at radius 2 is 2.03 bits per heavy atom. The largest absolute Gasteiger partial charge is 0.494 e. The Morgan fingerprint density at radius 3 is 2.77 bits per heavy atom. The summed E-state index contributed by atoms with van der Waals surface area (Å²) in [6.45, 7) is 5.94. The Morgan fingerprint density at radius 1 is 1.23 bits per heavy atom. The average Bonchev–Trinajstić information content (AvgIpc) is 3.43. The second kappa shape index (κ2) is 9.55. The highest BCUT2D eigenvalue weighted by Crippen LogP contribution is 2.35. The van der Waals surface area contributed by atoms with Crippen molar-refractivity contribution in [3.8, 4) is 17.2 Å². The Labute approximate surface area is 183 Å². The van der Waals surface area contributed by atoms with Crippen LogP contribution in [0.15, 0.2) is 60.1 Å². The minimum Gasteiger partial charge on any atom is -0.494 e. The number of nitrogens with zero attached hydrogens (tertiary/aromatic N) is 3. The molecule has 7 nitrogen and oxygen atoms in total. The molecule has 2 aromatic carbocycles. The van der Waals surface area contributed by atoms with E-state index in [4.69, 9.17) is 9.47 Å². The molecule has 1 aromatic heterocycles. The summed E-state index contributed by atoms with van der Waals surface area (Å²) in [4.78, 5) is 8.53. The van der Waals surface area contributed by atoms with Crippen molar-refractivity contribution in [2.45, 2.75) is 39.5 Å². The summed E-state index contributed by atoms with van der Waals surface area (Å²) in [7, 11) is 1.77. The van der Waals surface area contributed by atoms with Crippen molar-refractivity contribution in [3.63, 3.8) is 0 Å². The van der Waals surface area contributed by atoms with Crippen molar-refractivity contribution in [2.24, 2.45) is 4.99 Å². The maximum atomic E-state index is 5.93. The number of aliphatic imine (C=N–C) groups is 1. The summed E-state index contributed by atoms with van der Waals surface area (Å²) < 4.78 is 13.8. The lowest BCUT2D eigenvalue weighted by molar-refractivity contribution is 0.254. The van der Waals surface area contributed by atoms with E-state index in [-0.39, 0.29) is 6.10 Å². The van der Waals surface area contributed by atoms with Crippen molar-refractivity contribution in [1.29, 1.82) is 0 Å². The number of para-hydroxylation sites is 1. The molecule has 0 saturated heterocycles. The SMILES string of the molecule is CCOc1cc2c(cc1CNC(=NC)NCc1ccccc1-n1ccnc1)OC(C)C2. The maximum absolute atomic E-state index is 5.93. The van der Waals surface area contributed by atoms with Crippen LogP contribution in [-0.4, -0.2) is 35.3 Å². The summed E-state index contributed by atoms with van der Waals surface area (Å²) in [5, 5.41) is 6.80. The van der Waals surface area contributed by atoms with Gasteiger partial charge in [-0.1, -0.05) is 18.2 Å². The zero-order valence-corrected chi connectivity index (χ0v) is 18.3. The van der Waals surface area contributed by atoms with Gasteiger partial charge in [-0.15, -0.1) is 0 Å². The van der Waals surface area contributed by atoms with E-state index in [2.05, 4.69) is 51.8 Å². The van der Waals surface area contributed by atoms with Gasteiger partial charge in [0.25, 0.3) is 0 Å². The second-order valence-electron chi connectivity index (χ2n) is 7.51. The van der Waals surface area contributed by atoms with Gasteiger partial charge in [-0.3, -0.25) is 4.99 Å². The van der Waals surface area contributed by atoms with Crippen molar-refractivity contribution < 1.29 is 9.47 Å². The standard InChI is InChI=1S/C24H29N5O2/c1-4-30-22-12-19-11-17(2)31-23(19)13-20(22)15-28-24(25-3)27-14-18-7-5-6-8-21(18)29-10-9-26-16-29/h5-10,12-13,16-17H,4,11,14-15H2,1-3H3,(H2,25,27,28). The molecule has 1 aliphatic rings. The molecule has 1 aliphatic heterocycles. The molecular weight excluding hydrogens is 390 g/mol. The topological polar surface area (TPSA) is 72.7 Å². The van der Waals surface area contributed by atoms with Crippen LogP contribution in [0.5, 0.6) is 11.5 Å². The molecule has 4 rings (SSSR count). The Bertz CT molecular complexity index is 1050. The fourth-order valence-electron chi connectivity index (χ4n) is 3.80. The first-order chi connectivity index (χ1) is 15.2. The molecule has 2 N–H and O–H groups in total. The third kappa shape index (κ3) is 4.82. The van der Waals surface area contributed by atoms with E-state index in [1.165, 1.54) is 5.56 Å². The highest BCUT2D eigenvalue weighted by Gasteiger charge is 2.22. The molecule has 0 bridgehead atoms. The predicted octanol–water partition coefficient (Wildman–Crippen LogP) is 3.46. The number of hydrogen-bond donors (Lipinski definition) is 2. The Hall–Kier alpha value is -3.48. The van der Waals surface area contributed by atoms with Crippen LogP contribution in [0, 0.1) is 0 Å². The minimum atomic E-state index is 0.206. The molecule has 0 aliphatic carbocycles. The van der Waals surface area contributed by atoms with Crippen molar-refractivity contribution >= 4 is 5.96 Å². The van der Waals surface area contributed by atoms with Gasteiger partial charge in [0.2, 0.25) is 0 Å². The third-order valence-electron chi connectivity index (χ3n) is 5.27. The Kier molecular flexibility index (Phi) is 6.40. The molecular formula is C24H29N5O2. The molecule has 7 heteroatoms. The van der Waals surface area contributed by atoms with E-state index < -0.39 is 0 Å². The highest BCUT2D eigenvalue weighted by atomic mass is 16.5. The minimum absolute atomic E-state index is 0.206. The number of imidazole rings is 1. The van der Waals surface area contributed by atoms with E-state index in [1.54, 1.807) is 19.6 Å². The van der Waals surface area contributed by atoms with Crippen LogP contribution >= 0.6 is 0 Å². The first-order valence-corrected chi connectivity index (χ1v) is 10.6. The van der Waals surface area contributed by atoms with Crippen molar-refractivity contribution in [2.75, 3.05) is 13.7 Å². The molecule has 31 heavy (non-hydrogen) atoms. The normalized spacial score (nSPS) is 15.3. The van der Waals surface area contributed by atoms with E-state index in [1.807, 2.05) is 29.8 Å². The van der Waals surface area contributed by atoms with E-state index in [0.717, 1.165) is 40.7 Å². The van der Waals surface area contributed by atoms with Crippen molar-refractivity contribution in [1.82, 2.24) is 20.2 Å².